The third-order valence-electron chi connectivity index (χ3n) is 0.614. The smallest absolute Gasteiger partial charge is 0.255 e. The Morgan fingerprint density at radius 1 is 1.56 bits per heavy atom. The minimum Gasteiger partial charge on any atom is -0.281 e. The van der Waals surface area contributed by atoms with Crippen LogP contribution in [-0.4, -0.2) is 13.5 Å². The minimum absolute atomic E-state index is 0.178. The van der Waals surface area contributed by atoms with E-state index >= 15 is 0 Å². The number of rotatable bonds is 0. The van der Waals surface area contributed by atoms with Crippen LogP contribution >= 0.6 is 10.8 Å². The number of carbonyl (C=O) groups is 1. The fraction of sp³-hybridized carbons (Fsp3) is 0. The molecule has 3 nitrogen and oxygen atoms in total. The van der Waals surface area contributed by atoms with Crippen LogP contribution in [0.3, 0.4) is 0 Å². The summed E-state index contributed by atoms with van der Waals surface area (Å²) < 4.78 is 20.3. The standard InChI is InChI=1S/C3H2O3S3/c4-3-1-2-8(7-3)9(5)6/h1-2H. The van der Waals surface area contributed by atoms with Crippen molar-refractivity contribution in [1.29, 1.82) is 0 Å². The molecule has 0 fully saturated rings. The summed E-state index contributed by atoms with van der Waals surface area (Å²) in [7, 11) is -2.20. The molecule has 50 valence electrons. The Labute approximate surface area is 58.7 Å². The first-order valence-electron chi connectivity index (χ1n) is 1.93. The second-order valence-electron chi connectivity index (χ2n) is 1.17. The fourth-order valence-corrected chi connectivity index (χ4v) is 3.82. The molecule has 0 amide bonds. The summed E-state index contributed by atoms with van der Waals surface area (Å²) in [5, 5.41) is 1.22. The average Bonchev–Trinajstić information content (AvgIpc) is 2.14. The third-order valence-corrected chi connectivity index (χ3v) is 5.77. The molecule has 0 spiro atoms. The quantitative estimate of drug-likeness (QED) is 0.499. The van der Waals surface area contributed by atoms with Crippen molar-refractivity contribution >= 4 is 33.7 Å². The summed E-state index contributed by atoms with van der Waals surface area (Å²) in [5.74, 6) is 0. The molecular formula is C3H2O3S3. The van der Waals surface area contributed by atoms with Crippen LogP contribution in [0, 0.1) is 0 Å². The van der Waals surface area contributed by atoms with Crippen molar-refractivity contribution in [2.45, 2.75) is 0 Å². The summed E-state index contributed by atoms with van der Waals surface area (Å²) in [6.07, 6.45) is 1.28. The first kappa shape index (κ1) is 7.04. The van der Waals surface area contributed by atoms with Crippen molar-refractivity contribution < 1.29 is 13.2 Å². The molecular weight excluding hydrogens is 180 g/mol. The predicted octanol–water partition coefficient (Wildman–Crippen LogP) is 0.101. The van der Waals surface area contributed by atoms with Gasteiger partial charge in [-0.2, -0.15) is 8.42 Å². The van der Waals surface area contributed by atoms with E-state index in [0.29, 0.717) is 0 Å². The van der Waals surface area contributed by atoms with Crippen molar-refractivity contribution in [2.75, 3.05) is 0 Å². The maximum Gasteiger partial charge on any atom is 0.255 e. The lowest BCUT2D eigenvalue weighted by molar-refractivity contribution is -0.106. The Morgan fingerprint density at radius 2 is 2.22 bits per heavy atom. The molecule has 0 aromatic carbocycles. The first-order valence-corrected chi connectivity index (χ1v) is 6.15. The first-order chi connectivity index (χ1) is 4.20. The van der Waals surface area contributed by atoms with Gasteiger partial charge in [0.05, 0.1) is 0 Å². The highest BCUT2D eigenvalue weighted by atomic mass is 33.3. The average molecular weight is 182 g/mol. The summed E-state index contributed by atoms with van der Waals surface area (Å²) in [5.41, 5.74) is 0. The van der Waals surface area contributed by atoms with Gasteiger partial charge in [-0.1, -0.05) is 0 Å². The predicted molar refractivity (Wildman–Crippen MR) is 38.0 cm³/mol. The summed E-state index contributed by atoms with van der Waals surface area (Å²) in [4.78, 5) is 10.4. The van der Waals surface area contributed by atoms with Gasteiger partial charge in [0.15, 0.2) is 0 Å². The Balaban J connectivity index is 3.11. The van der Waals surface area contributed by atoms with E-state index in [1.54, 1.807) is 0 Å². The molecule has 6 heteroatoms. The van der Waals surface area contributed by atoms with Crippen molar-refractivity contribution in [2.24, 2.45) is 0 Å². The fourth-order valence-electron chi connectivity index (χ4n) is 0.321. The molecule has 0 aliphatic carbocycles. The van der Waals surface area contributed by atoms with Gasteiger partial charge in [-0.25, -0.2) is 0 Å². The van der Waals surface area contributed by atoms with Gasteiger partial charge in [0.25, 0.3) is 9.26 Å². The number of carbonyl (C=O) groups excluding carboxylic acids is 1. The molecule has 1 aliphatic heterocycles. The second kappa shape index (κ2) is 2.68. The van der Waals surface area contributed by atoms with Crippen LogP contribution in [0.2, 0.25) is 0 Å². The molecule has 0 saturated heterocycles. The van der Waals surface area contributed by atoms with Crippen LogP contribution in [0.1, 0.15) is 0 Å². The summed E-state index contributed by atoms with van der Waals surface area (Å²) >= 11 is 0. The van der Waals surface area contributed by atoms with Gasteiger partial charge >= 0.3 is 0 Å². The second-order valence-corrected chi connectivity index (χ2v) is 7.04. The molecule has 1 aliphatic rings. The van der Waals surface area contributed by atoms with E-state index in [1.807, 2.05) is 0 Å². The van der Waals surface area contributed by atoms with Gasteiger partial charge < -0.3 is 0 Å². The molecule has 0 saturated carbocycles. The lowest BCUT2D eigenvalue weighted by Gasteiger charge is -1.77. The topological polar surface area (TPSA) is 51.2 Å². The van der Waals surface area contributed by atoms with E-state index in [9.17, 15) is 13.2 Å². The van der Waals surface area contributed by atoms with Crippen molar-refractivity contribution in [3.8, 4) is 0 Å². The molecule has 9 heavy (non-hydrogen) atoms. The van der Waals surface area contributed by atoms with Gasteiger partial charge in [0, 0.05) is 14.6 Å². The highest BCUT2D eigenvalue weighted by molar-refractivity contribution is 8.90. The lowest BCUT2D eigenvalue weighted by atomic mass is 10.7. The molecule has 1 unspecified atom stereocenters. The zero-order chi connectivity index (χ0) is 6.85. The molecule has 0 aromatic rings. The van der Waals surface area contributed by atoms with Crippen LogP contribution in [0.15, 0.2) is 11.5 Å². The van der Waals surface area contributed by atoms with Gasteiger partial charge in [0.2, 0.25) is 5.12 Å². The normalized spacial score (nSPS) is 24.9. The van der Waals surface area contributed by atoms with Crippen molar-refractivity contribution in [3.63, 3.8) is 0 Å². The van der Waals surface area contributed by atoms with E-state index in [1.165, 1.54) is 11.5 Å². The van der Waals surface area contributed by atoms with E-state index < -0.39 is 17.7 Å². The monoisotopic (exact) mass is 182 g/mol. The Morgan fingerprint density at radius 3 is 2.44 bits per heavy atom. The molecule has 1 atom stereocenters. The maximum atomic E-state index is 10.4. The van der Waals surface area contributed by atoms with Crippen LogP contribution in [-0.2, 0) is 22.5 Å². The molecule has 0 radical (unpaired) electrons. The van der Waals surface area contributed by atoms with Crippen LogP contribution < -0.4 is 0 Å². The molecule has 0 N–H and O–H groups in total. The Bertz CT molecular complexity index is 288. The Hall–Kier alpha value is -0.0700. The SMILES string of the molecule is O=C1C=CS(=S(=O)=O)S1. The van der Waals surface area contributed by atoms with Gasteiger partial charge in [-0.05, 0) is 16.2 Å². The van der Waals surface area contributed by atoms with E-state index in [-0.39, 0.29) is 5.12 Å². The highest BCUT2D eigenvalue weighted by Gasteiger charge is 2.09. The maximum absolute atomic E-state index is 10.4. The molecule has 1 rings (SSSR count). The third kappa shape index (κ3) is 1.67. The van der Waals surface area contributed by atoms with E-state index in [4.69, 9.17) is 0 Å². The molecule has 0 bridgehead atoms. The Kier molecular flexibility index (Phi) is 2.09. The van der Waals surface area contributed by atoms with Crippen molar-refractivity contribution in [1.82, 2.24) is 0 Å². The molecule has 0 aromatic heterocycles. The van der Waals surface area contributed by atoms with Crippen LogP contribution in [0.4, 0.5) is 0 Å². The lowest BCUT2D eigenvalue weighted by Crippen LogP contribution is -1.76. The largest absolute Gasteiger partial charge is 0.281 e. The van der Waals surface area contributed by atoms with E-state index in [0.717, 1.165) is 10.8 Å². The van der Waals surface area contributed by atoms with E-state index in [2.05, 4.69) is 0 Å². The minimum atomic E-state index is -2.13. The van der Waals surface area contributed by atoms with Crippen molar-refractivity contribution in [3.05, 3.63) is 11.5 Å². The van der Waals surface area contributed by atoms with Gasteiger partial charge in [-0.3, -0.25) is 4.79 Å². The highest BCUT2D eigenvalue weighted by Crippen LogP contribution is 2.19. The zero-order valence-electron chi connectivity index (χ0n) is 4.10. The van der Waals surface area contributed by atoms with Gasteiger partial charge in [0.1, 0.15) is 0 Å². The van der Waals surface area contributed by atoms with Crippen LogP contribution in [0.5, 0.6) is 0 Å². The zero-order valence-corrected chi connectivity index (χ0v) is 6.55. The van der Waals surface area contributed by atoms with Crippen LogP contribution in [0.25, 0.3) is 0 Å². The number of hydrogen-bond donors (Lipinski definition) is 0. The summed E-state index contributed by atoms with van der Waals surface area (Å²) in [6, 6.07) is 0. The molecule has 1 heterocycles. The van der Waals surface area contributed by atoms with Gasteiger partial charge in [-0.15, -0.1) is 0 Å². The summed E-state index contributed by atoms with van der Waals surface area (Å²) in [6.45, 7) is 0. The number of hydrogen-bond acceptors (Lipinski definition) is 4.